The third-order valence-corrected chi connectivity index (χ3v) is 5.91. The van der Waals surface area contributed by atoms with Crippen molar-refractivity contribution < 1.29 is 4.74 Å². The Labute approximate surface area is 206 Å². The van der Waals surface area contributed by atoms with Crippen LogP contribution in [0.1, 0.15) is 0 Å². The number of aromatic nitrogens is 5. The standard InChI is InChI=1S/C28H18ClN5O/c1-35-27-22(17-10-4-2-5-11-17)24(34-28-26(27)33-21(29)16-30-28)25-23(18-12-6-3-7-13-18)31-19-14-8-9-15-20(19)32-25/h2-16H,1H3. The topological polar surface area (TPSA) is 73.7 Å². The Hall–Kier alpha value is -4.42. The molecule has 0 unspecified atom stereocenters. The second-order valence-corrected chi connectivity index (χ2v) is 8.26. The molecule has 0 N–H and O–H groups in total. The third-order valence-electron chi connectivity index (χ3n) is 5.73. The van der Waals surface area contributed by atoms with Gasteiger partial charge in [-0.25, -0.2) is 24.9 Å². The highest BCUT2D eigenvalue weighted by molar-refractivity contribution is 6.29. The van der Waals surface area contributed by atoms with Crippen LogP contribution in [0.2, 0.25) is 5.15 Å². The average Bonchev–Trinajstić information content (AvgIpc) is 2.92. The second-order valence-electron chi connectivity index (χ2n) is 7.88. The van der Waals surface area contributed by atoms with E-state index in [1.165, 1.54) is 6.20 Å². The van der Waals surface area contributed by atoms with E-state index in [4.69, 9.17) is 31.3 Å². The summed E-state index contributed by atoms with van der Waals surface area (Å²) in [4.78, 5) is 23.9. The van der Waals surface area contributed by atoms with Crippen molar-refractivity contribution in [2.75, 3.05) is 7.11 Å². The number of para-hydroxylation sites is 2. The lowest BCUT2D eigenvalue weighted by Crippen LogP contribution is -2.03. The van der Waals surface area contributed by atoms with Gasteiger partial charge in [0.1, 0.15) is 16.5 Å². The molecule has 3 aromatic carbocycles. The number of halogens is 1. The van der Waals surface area contributed by atoms with Crippen LogP contribution in [0.15, 0.2) is 91.1 Å². The van der Waals surface area contributed by atoms with Crippen LogP contribution in [0, 0.1) is 0 Å². The van der Waals surface area contributed by atoms with Crippen LogP contribution in [-0.2, 0) is 0 Å². The zero-order chi connectivity index (χ0) is 23.8. The SMILES string of the molecule is COc1c(-c2ccccc2)c(-c2nc3ccccc3nc2-c2ccccc2)nc2ncc(Cl)nc12. The van der Waals surface area contributed by atoms with Crippen LogP contribution in [-0.4, -0.2) is 32.0 Å². The summed E-state index contributed by atoms with van der Waals surface area (Å²) in [5.41, 5.74) is 7.01. The molecule has 35 heavy (non-hydrogen) atoms. The van der Waals surface area contributed by atoms with Crippen molar-refractivity contribution in [3.05, 3.63) is 96.3 Å². The Bertz CT molecular complexity index is 1690. The van der Waals surface area contributed by atoms with E-state index in [1.54, 1.807) is 7.11 Å². The Morgan fingerprint density at radius 3 is 1.89 bits per heavy atom. The third kappa shape index (κ3) is 3.74. The van der Waals surface area contributed by atoms with Gasteiger partial charge < -0.3 is 4.74 Å². The number of rotatable bonds is 4. The Kier molecular flexibility index (Phi) is 5.28. The molecule has 0 aliphatic carbocycles. The molecule has 0 saturated carbocycles. The van der Waals surface area contributed by atoms with Crippen molar-refractivity contribution in [2.24, 2.45) is 0 Å². The van der Waals surface area contributed by atoms with Crippen molar-refractivity contribution in [2.45, 2.75) is 0 Å². The van der Waals surface area contributed by atoms with Crippen LogP contribution >= 0.6 is 11.6 Å². The first kappa shape index (κ1) is 21.1. The summed E-state index contributed by atoms with van der Waals surface area (Å²) in [6.45, 7) is 0. The van der Waals surface area contributed by atoms with Crippen LogP contribution in [0.25, 0.3) is 56.0 Å². The molecule has 6 nitrogen and oxygen atoms in total. The van der Waals surface area contributed by atoms with Crippen LogP contribution < -0.4 is 4.74 Å². The predicted octanol–water partition coefficient (Wildman–Crippen LogP) is 6.63. The highest BCUT2D eigenvalue weighted by Crippen LogP contribution is 2.43. The summed E-state index contributed by atoms with van der Waals surface area (Å²) in [7, 11) is 1.61. The molecule has 0 aliphatic heterocycles. The molecule has 3 heterocycles. The molecule has 0 atom stereocenters. The molecule has 3 aromatic heterocycles. The molecule has 6 aromatic rings. The maximum atomic E-state index is 6.19. The first-order valence-corrected chi connectivity index (χ1v) is 11.4. The highest BCUT2D eigenvalue weighted by atomic mass is 35.5. The highest BCUT2D eigenvalue weighted by Gasteiger charge is 2.25. The smallest absolute Gasteiger partial charge is 0.182 e. The van der Waals surface area contributed by atoms with Gasteiger partial charge in [-0.05, 0) is 17.7 Å². The van der Waals surface area contributed by atoms with Gasteiger partial charge in [-0.2, -0.15) is 0 Å². The van der Waals surface area contributed by atoms with E-state index in [9.17, 15) is 0 Å². The summed E-state index contributed by atoms with van der Waals surface area (Å²) < 4.78 is 5.91. The van der Waals surface area contributed by atoms with E-state index in [0.29, 0.717) is 28.3 Å². The molecule has 0 bridgehead atoms. The number of pyridine rings is 1. The lowest BCUT2D eigenvalue weighted by atomic mass is 9.97. The van der Waals surface area contributed by atoms with Crippen molar-refractivity contribution in [3.63, 3.8) is 0 Å². The van der Waals surface area contributed by atoms with Crippen molar-refractivity contribution in [3.8, 4) is 39.5 Å². The summed E-state index contributed by atoms with van der Waals surface area (Å²) in [5.74, 6) is 0.528. The number of fused-ring (bicyclic) bond motifs is 2. The predicted molar refractivity (Wildman–Crippen MR) is 138 cm³/mol. The zero-order valence-corrected chi connectivity index (χ0v) is 19.4. The Morgan fingerprint density at radius 1 is 0.629 bits per heavy atom. The number of ether oxygens (including phenoxy) is 1. The zero-order valence-electron chi connectivity index (χ0n) is 18.7. The van der Waals surface area contributed by atoms with Crippen LogP contribution in [0.4, 0.5) is 0 Å². The van der Waals surface area contributed by atoms with E-state index < -0.39 is 0 Å². The fourth-order valence-electron chi connectivity index (χ4n) is 4.19. The van der Waals surface area contributed by atoms with Crippen LogP contribution in [0.3, 0.4) is 0 Å². The number of hydrogen-bond acceptors (Lipinski definition) is 6. The quantitative estimate of drug-likeness (QED) is 0.285. The molecule has 0 saturated heterocycles. The summed E-state index contributed by atoms with van der Waals surface area (Å²) >= 11 is 6.19. The van der Waals surface area contributed by atoms with Crippen LogP contribution in [0.5, 0.6) is 5.75 Å². The largest absolute Gasteiger partial charge is 0.494 e. The van der Waals surface area contributed by atoms with E-state index in [0.717, 1.165) is 33.4 Å². The van der Waals surface area contributed by atoms with Gasteiger partial charge in [0.15, 0.2) is 16.9 Å². The summed E-state index contributed by atoms with van der Waals surface area (Å²) in [6, 6.07) is 27.7. The number of methoxy groups -OCH3 is 1. The molecule has 0 fully saturated rings. The molecule has 0 aliphatic rings. The fourth-order valence-corrected chi connectivity index (χ4v) is 4.32. The van der Waals surface area contributed by atoms with E-state index in [2.05, 4.69) is 9.97 Å². The van der Waals surface area contributed by atoms with Gasteiger partial charge in [0.05, 0.1) is 35.6 Å². The summed E-state index contributed by atoms with van der Waals surface area (Å²) in [5, 5.41) is 0.264. The fraction of sp³-hybridized carbons (Fsp3) is 0.0357. The molecule has 0 amide bonds. The molecule has 7 heteroatoms. The van der Waals surface area contributed by atoms with E-state index in [1.807, 2.05) is 84.9 Å². The minimum Gasteiger partial charge on any atom is -0.494 e. The minimum absolute atomic E-state index is 0.264. The van der Waals surface area contributed by atoms with Gasteiger partial charge in [-0.3, -0.25) is 0 Å². The second kappa shape index (κ2) is 8.74. The summed E-state index contributed by atoms with van der Waals surface area (Å²) in [6.07, 6.45) is 1.48. The van der Waals surface area contributed by atoms with Gasteiger partial charge in [-0.1, -0.05) is 84.4 Å². The van der Waals surface area contributed by atoms with E-state index >= 15 is 0 Å². The van der Waals surface area contributed by atoms with Gasteiger partial charge in [0, 0.05) is 5.56 Å². The maximum Gasteiger partial charge on any atom is 0.182 e. The molecule has 0 radical (unpaired) electrons. The average molecular weight is 476 g/mol. The maximum absolute atomic E-state index is 6.19. The van der Waals surface area contributed by atoms with Gasteiger partial charge in [-0.15, -0.1) is 0 Å². The van der Waals surface area contributed by atoms with Crippen molar-refractivity contribution >= 4 is 33.8 Å². The molecule has 0 spiro atoms. The van der Waals surface area contributed by atoms with Crippen molar-refractivity contribution in [1.29, 1.82) is 0 Å². The molecular weight excluding hydrogens is 458 g/mol. The molecule has 6 rings (SSSR count). The Morgan fingerprint density at radius 2 is 1.23 bits per heavy atom. The van der Waals surface area contributed by atoms with E-state index in [-0.39, 0.29) is 5.15 Å². The first-order valence-electron chi connectivity index (χ1n) is 11.0. The lowest BCUT2D eigenvalue weighted by molar-refractivity contribution is 0.420. The normalized spacial score (nSPS) is 11.1. The van der Waals surface area contributed by atoms with Gasteiger partial charge >= 0.3 is 0 Å². The number of benzene rings is 3. The monoisotopic (exact) mass is 475 g/mol. The number of nitrogens with zero attached hydrogens (tertiary/aromatic N) is 5. The lowest BCUT2D eigenvalue weighted by Gasteiger charge is -2.17. The minimum atomic E-state index is 0.264. The first-order chi connectivity index (χ1) is 17.2. The molecular formula is C28H18ClN5O. The number of hydrogen-bond donors (Lipinski definition) is 0. The molecule has 168 valence electrons. The Balaban J connectivity index is 1.78. The van der Waals surface area contributed by atoms with Gasteiger partial charge in [0.2, 0.25) is 0 Å². The van der Waals surface area contributed by atoms with Crippen molar-refractivity contribution in [1.82, 2.24) is 24.9 Å². The van der Waals surface area contributed by atoms with Gasteiger partial charge in [0.25, 0.3) is 0 Å².